The van der Waals surface area contributed by atoms with Gasteiger partial charge in [-0.3, -0.25) is 9.59 Å². The molecule has 88 valence electrons. The summed E-state index contributed by atoms with van der Waals surface area (Å²) in [6, 6.07) is 7.59. The number of aryl methyl sites for hydroxylation is 1. The molecule has 1 N–H and O–H groups in total. The van der Waals surface area contributed by atoms with Crippen LogP contribution in [0.2, 0.25) is 0 Å². The van der Waals surface area contributed by atoms with Crippen molar-refractivity contribution in [2.75, 3.05) is 0 Å². The third-order valence-electron chi connectivity index (χ3n) is 2.76. The van der Waals surface area contributed by atoms with Gasteiger partial charge in [-0.25, -0.2) is 0 Å². The minimum atomic E-state index is -0.946. The van der Waals surface area contributed by atoms with Crippen LogP contribution in [0.4, 0.5) is 0 Å². The number of carbonyl (C=O) groups excluding carboxylic acids is 1. The van der Waals surface area contributed by atoms with Crippen molar-refractivity contribution in [3.8, 4) is 0 Å². The molecule has 4 nitrogen and oxygen atoms in total. The van der Waals surface area contributed by atoms with E-state index in [4.69, 9.17) is 5.11 Å². The van der Waals surface area contributed by atoms with Crippen LogP contribution in [0.15, 0.2) is 30.5 Å². The molecule has 0 atom stereocenters. The second kappa shape index (κ2) is 4.41. The molecule has 1 aromatic heterocycles. The molecule has 1 aromatic carbocycles. The van der Waals surface area contributed by atoms with E-state index < -0.39 is 5.97 Å². The third kappa shape index (κ3) is 2.20. The van der Waals surface area contributed by atoms with Crippen molar-refractivity contribution in [1.29, 1.82) is 0 Å². The fourth-order valence-corrected chi connectivity index (χ4v) is 1.92. The number of Topliss-reactive ketones (excluding diaryl/α,β-unsaturated/α-hetero) is 1. The lowest BCUT2D eigenvalue weighted by molar-refractivity contribution is -0.136. The van der Waals surface area contributed by atoms with Crippen LogP contribution in [0, 0.1) is 0 Å². The van der Waals surface area contributed by atoms with E-state index in [0.29, 0.717) is 5.56 Å². The zero-order valence-electron chi connectivity index (χ0n) is 9.51. The Bertz CT molecular complexity index is 583. The highest BCUT2D eigenvalue weighted by atomic mass is 16.4. The number of hydrogen-bond acceptors (Lipinski definition) is 2. The summed E-state index contributed by atoms with van der Waals surface area (Å²) in [6.07, 6.45) is 1.68. The Hall–Kier alpha value is -2.10. The highest BCUT2D eigenvalue weighted by Crippen LogP contribution is 2.21. The normalized spacial score (nSPS) is 10.6. The number of carboxylic acid groups (broad SMARTS) is 1. The van der Waals surface area contributed by atoms with Crippen LogP contribution in [0.1, 0.15) is 23.2 Å². The van der Waals surface area contributed by atoms with E-state index in [1.165, 1.54) is 0 Å². The Labute approximate surface area is 98.5 Å². The number of carboxylic acids is 1. The molecule has 17 heavy (non-hydrogen) atoms. The van der Waals surface area contributed by atoms with E-state index >= 15 is 0 Å². The second-order valence-electron chi connectivity index (χ2n) is 3.99. The van der Waals surface area contributed by atoms with Gasteiger partial charge in [-0.1, -0.05) is 18.2 Å². The summed E-state index contributed by atoms with van der Waals surface area (Å²) in [5.74, 6) is -1.07. The molecule has 0 aliphatic carbocycles. The number of ketones is 1. The first kappa shape index (κ1) is 11.4. The SMILES string of the molecule is Cn1cc(C(=O)CCC(=O)O)c2ccccc21. The first-order valence-electron chi connectivity index (χ1n) is 5.38. The Morgan fingerprint density at radius 3 is 2.65 bits per heavy atom. The summed E-state index contributed by atoms with van der Waals surface area (Å²) in [6.45, 7) is 0. The molecular weight excluding hydrogens is 218 g/mol. The first-order valence-corrected chi connectivity index (χ1v) is 5.38. The molecule has 0 bridgehead atoms. The lowest BCUT2D eigenvalue weighted by Crippen LogP contribution is -2.03. The van der Waals surface area contributed by atoms with Crippen molar-refractivity contribution < 1.29 is 14.7 Å². The van der Waals surface area contributed by atoms with Crippen molar-refractivity contribution in [2.45, 2.75) is 12.8 Å². The van der Waals surface area contributed by atoms with Crippen LogP contribution in [-0.2, 0) is 11.8 Å². The maximum atomic E-state index is 11.9. The average Bonchev–Trinajstić information content (AvgIpc) is 2.65. The van der Waals surface area contributed by atoms with Crippen LogP contribution >= 0.6 is 0 Å². The van der Waals surface area contributed by atoms with Crippen LogP contribution in [0.3, 0.4) is 0 Å². The van der Waals surface area contributed by atoms with E-state index in [1.807, 2.05) is 35.9 Å². The van der Waals surface area contributed by atoms with E-state index in [1.54, 1.807) is 6.20 Å². The molecule has 0 aliphatic heterocycles. The van der Waals surface area contributed by atoms with Crippen LogP contribution in [0.5, 0.6) is 0 Å². The molecule has 0 fully saturated rings. The monoisotopic (exact) mass is 231 g/mol. The van der Waals surface area contributed by atoms with E-state index in [9.17, 15) is 9.59 Å². The number of para-hydroxylation sites is 1. The lowest BCUT2D eigenvalue weighted by Gasteiger charge is -1.96. The molecule has 0 spiro atoms. The molecule has 2 rings (SSSR count). The molecule has 2 aromatic rings. The zero-order chi connectivity index (χ0) is 12.4. The van der Waals surface area contributed by atoms with Crippen LogP contribution in [0.25, 0.3) is 10.9 Å². The molecule has 4 heteroatoms. The summed E-state index contributed by atoms with van der Waals surface area (Å²) in [5.41, 5.74) is 1.58. The fourth-order valence-electron chi connectivity index (χ4n) is 1.92. The van der Waals surface area contributed by atoms with Gasteiger partial charge in [0.05, 0.1) is 6.42 Å². The highest BCUT2D eigenvalue weighted by molar-refractivity contribution is 6.08. The molecule has 1 heterocycles. The summed E-state index contributed by atoms with van der Waals surface area (Å²) in [7, 11) is 1.87. The molecule has 0 radical (unpaired) electrons. The quantitative estimate of drug-likeness (QED) is 0.821. The Balaban J connectivity index is 2.35. The number of aromatic nitrogens is 1. The number of carbonyl (C=O) groups is 2. The molecule has 0 aliphatic rings. The summed E-state index contributed by atoms with van der Waals surface area (Å²) in [4.78, 5) is 22.3. The molecule has 0 unspecified atom stereocenters. The Morgan fingerprint density at radius 1 is 1.24 bits per heavy atom. The summed E-state index contributed by atoms with van der Waals surface area (Å²) in [5, 5.41) is 9.45. The van der Waals surface area contributed by atoms with Gasteiger partial charge >= 0.3 is 5.97 Å². The molecular formula is C13H13NO3. The van der Waals surface area contributed by atoms with Gasteiger partial charge in [-0.2, -0.15) is 0 Å². The van der Waals surface area contributed by atoms with E-state index in [2.05, 4.69) is 0 Å². The largest absolute Gasteiger partial charge is 0.481 e. The Morgan fingerprint density at radius 2 is 1.94 bits per heavy atom. The predicted molar refractivity (Wildman–Crippen MR) is 64.1 cm³/mol. The highest BCUT2D eigenvalue weighted by Gasteiger charge is 2.14. The second-order valence-corrected chi connectivity index (χ2v) is 3.99. The van der Waals surface area contributed by atoms with Crippen LogP contribution < -0.4 is 0 Å². The number of nitrogens with zero attached hydrogens (tertiary/aromatic N) is 1. The van der Waals surface area contributed by atoms with Gasteiger partial charge in [0.15, 0.2) is 5.78 Å². The van der Waals surface area contributed by atoms with Crippen LogP contribution in [-0.4, -0.2) is 21.4 Å². The Kier molecular flexibility index (Phi) is 2.95. The maximum Gasteiger partial charge on any atom is 0.303 e. The predicted octanol–water partition coefficient (Wildman–Crippen LogP) is 2.23. The van der Waals surface area contributed by atoms with Crippen molar-refractivity contribution in [3.05, 3.63) is 36.0 Å². The lowest BCUT2D eigenvalue weighted by atomic mass is 10.1. The van der Waals surface area contributed by atoms with E-state index in [-0.39, 0.29) is 18.6 Å². The maximum absolute atomic E-state index is 11.9. The van der Waals surface area contributed by atoms with E-state index in [0.717, 1.165) is 10.9 Å². The van der Waals surface area contributed by atoms with Crippen molar-refractivity contribution in [3.63, 3.8) is 0 Å². The number of rotatable bonds is 4. The average molecular weight is 231 g/mol. The van der Waals surface area contributed by atoms with Crippen molar-refractivity contribution >= 4 is 22.7 Å². The molecule has 0 saturated heterocycles. The number of fused-ring (bicyclic) bond motifs is 1. The fraction of sp³-hybridized carbons (Fsp3) is 0.231. The number of benzene rings is 1. The smallest absolute Gasteiger partial charge is 0.303 e. The zero-order valence-corrected chi connectivity index (χ0v) is 9.51. The van der Waals surface area contributed by atoms with Crippen molar-refractivity contribution in [2.24, 2.45) is 7.05 Å². The molecule has 0 saturated carbocycles. The first-order chi connectivity index (χ1) is 8.09. The third-order valence-corrected chi connectivity index (χ3v) is 2.76. The summed E-state index contributed by atoms with van der Waals surface area (Å²) >= 11 is 0. The number of hydrogen-bond donors (Lipinski definition) is 1. The van der Waals surface area contributed by atoms with Gasteiger partial charge < -0.3 is 9.67 Å². The minimum absolute atomic E-state index is 0.0450. The standard InChI is InChI=1S/C13H13NO3/c1-14-8-10(12(15)6-7-13(16)17)9-4-2-3-5-11(9)14/h2-5,8H,6-7H2,1H3,(H,16,17). The van der Waals surface area contributed by atoms with Gasteiger partial charge in [-0.05, 0) is 6.07 Å². The summed E-state index contributed by atoms with van der Waals surface area (Å²) < 4.78 is 1.88. The van der Waals surface area contributed by atoms with Gasteiger partial charge in [0.2, 0.25) is 0 Å². The van der Waals surface area contributed by atoms with Gasteiger partial charge in [0, 0.05) is 36.1 Å². The van der Waals surface area contributed by atoms with Gasteiger partial charge in [0.25, 0.3) is 0 Å². The molecule has 0 amide bonds. The number of aliphatic carboxylic acids is 1. The van der Waals surface area contributed by atoms with Gasteiger partial charge in [0.1, 0.15) is 0 Å². The van der Waals surface area contributed by atoms with Gasteiger partial charge in [-0.15, -0.1) is 0 Å². The van der Waals surface area contributed by atoms with Crippen molar-refractivity contribution in [1.82, 2.24) is 4.57 Å². The topological polar surface area (TPSA) is 59.3 Å². The minimum Gasteiger partial charge on any atom is -0.481 e.